The lowest BCUT2D eigenvalue weighted by atomic mass is 9.85. The lowest BCUT2D eigenvalue weighted by Gasteiger charge is -2.35. The monoisotopic (exact) mass is 461 g/mol. The second-order valence-electron chi connectivity index (χ2n) is 9.39. The fourth-order valence-corrected chi connectivity index (χ4v) is 3.11. The molecule has 7 nitrogen and oxygen atoms in total. The molecular weight excluding hydrogens is 418 g/mol. The van der Waals surface area contributed by atoms with Crippen LogP contribution in [0.5, 0.6) is 0 Å². The summed E-state index contributed by atoms with van der Waals surface area (Å²) in [6.45, 7) is 13.5. The van der Waals surface area contributed by atoms with Crippen molar-refractivity contribution in [2.45, 2.75) is 72.9 Å². The molecule has 0 aliphatic rings. The van der Waals surface area contributed by atoms with Crippen LogP contribution in [0, 0.1) is 5.41 Å². The molecule has 1 aromatic rings. The molecule has 33 heavy (non-hydrogen) atoms. The molecule has 0 aliphatic carbocycles. The molecule has 3 atom stereocenters. The molecule has 0 radical (unpaired) electrons. The highest BCUT2D eigenvalue weighted by molar-refractivity contribution is 5.91. The van der Waals surface area contributed by atoms with Gasteiger partial charge in [0, 0.05) is 25.1 Å². The molecule has 0 saturated carbocycles. The van der Waals surface area contributed by atoms with Gasteiger partial charge in [0.25, 0.3) is 0 Å². The maximum atomic E-state index is 13.1. The fourth-order valence-electron chi connectivity index (χ4n) is 3.11. The predicted octanol–water partition coefficient (Wildman–Crippen LogP) is 3.81. The lowest BCUT2D eigenvalue weighted by molar-refractivity contribution is -0.138. The largest absolute Gasteiger partial charge is 0.478 e. The number of amides is 2. The van der Waals surface area contributed by atoms with Crippen LogP contribution in [-0.4, -0.2) is 60.5 Å². The maximum Gasteiger partial charge on any atom is 0.331 e. The molecular formula is C26H43N3O4. The van der Waals surface area contributed by atoms with E-state index in [2.05, 4.69) is 24.5 Å². The van der Waals surface area contributed by atoms with Gasteiger partial charge in [-0.05, 0) is 24.9 Å². The normalized spacial score (nSPS) is 14.3. The third kappa shape index (κ3) is 10.2. The minimum Gasteiger partial charge on any atom is -0.478 e. The maximum absolute atomic E-state index is 13.1. The van der Waals surface area contributed by atoms with E-state index in [0.29, 0.717) is 0 Å². The van der Waals surface area contributed by atoms with Crippen molar-refractivity contribution >= 4 is 17.8 Å². The molecule has 0 aliphatic heterocycles. The van der Waals surface area contributed by atoms with Gasteiger partial charge < -0.3 is 20.6 Å². The van der Waals surface area contributed by atoms with Crippen LogP contribution >= 0.6 is 0 Å². The van der Waals surface area contributed by atoms with Gasteiger partial charge in [0.1, 0.15) is 6.04 Å². The van der Waals surface area contributed by atoms with Gasteiger partial charge >= 0.3 is 5.97 Å². The molecule has 1 aromatic carbocycles. The van der Waals surface area contributed by atoms with E-state index in [9.17, 15) is 14.4 Å². The molecule has 1 rings (SSSR count). The Hall–Kier alpha value is -2.67. The van der Waals surface area contributed by atoms with Crippen LogP contribution in [-0.2, 0) is 14.4 Å². The van der Waals surface area contributed by atoms with Crippen molar-refractivity contribution in [3.63, 3.8) is 0 Å². The fraction of sp³-hybridized carbons (Fsp3) is 0.577. The first-order valence-corrected chi connectivity index (χ1v) is 11.5. The Morgan fingerprint density at radius 2 is 1.64 bits per heavy atom. The van der Waals surface area contributed by atoms with E-state index in [1.807, 2.05) is 58.0 Å². The van der Waals surface area contributed by atoms with E-state index < -0.39 is 23.5 Å². The molecule has 0 spiro atoms. The summed E-state index contributed by atoms with van der Waals surface area (Å²) in [5, 5.41) is 15.0. The summed E-state index contributed by atoms with van der Waals surface area (Å²) < 4.78 is 0. The van der Waals surface area contributed by atoms with E-state index >= 15 is 0 Å². The Balaban J connectivity index is 0.00000322. The number of hydrogen-bond acceptors (Lipinski definition) is 4. The molecule has 0 saturated heterocycles. The molecule has 7 heteroatoms. The van der Waals surface area contributed by atoms with Gasteiger partial charge in [-0.15, -0.1) is 0 Å². The minimum absolute atomic E-state index is 0.0919. The molecule has 1 unspecified atom stereocenters. The van der Waals surface area contributed by atoms with Crippen molar-refractivity contribution in [1.29, 1.82) is 0 Å². The summed E-state index contributed by atoms with van der Waals surface area (Å²) >= 11 is 0. The number of carbonyl (C=O) groups excluding carboxylic acids is 2. The molecule has 186 valence electrons. The van der Waals surface area contributed by atoms with E-state index in [4.69, 9.17) is 5.11 Å². The van der Waals surface area contributed by atoms with Crippen molar-refractivity contribution in [2.75, 3.05) is 20.6 Å². The van der Waals surface area contributed by atoms with Crippen molar-refractivity contribution in [3.05, 3.63) is 47.5 Å². The van der Waals surface area contributed by atoms with Crippen LogP contribution in [0.3, 0.4) is 0 Å². The average molecular weight is 462 g/mol. The third-order valence-corrected chi connectivity index (χ3v) is 5.20. The molecule has 2 amide bonds. The predicted molar refractivity (Wildman–Crippen MR) is 134 cm³/mol. The number of nitrogens with one attached hydrogen (secondary N) is 2. The van der Waals surface area contributed by atoms with Crippen LogP contribution < -0.4 is 10.6 Å². The van der Waals surface area contributed by atoms with Crippen molar-refractivity contribution < 1.29 is 19.5 Å². The van der Waals surface area contributed by atoms with E-state index in [-0.39, 0.29) is 29.9 Å². The zero-order chi connectivity index (χ0) is 25.8. The van der Waals surface area contributed by atoms with Crippen LogP contribution in [0.2, 0.25) is 0 Å². The summed E-state index contributed by atoms with van der Waals surface area (Å²) in [5.74, 6) is -1.64. The molecule has 0 heterocycles. The van der Waals surface area contributed by atoms with Gasteiger partial charge in [0.05, 0.1) is 6.04 Å². The highest BCUT2D eigenvalue weighted by Crippen LogP contribution is 2.23. The Kier molecular flexibility index (Phi) is 13.3. The highest BCUT2D eigenvalue weighted by Gasteiger charge is 2.36. The van der Waals surface area contributed by atoms with Crippen LogP contribution in [0.15, 0.2) is 42.0 Å². The zero-order valence-electron chi connectivity index (χ0n) is 21.7. The molecule has 0 fully saturated rings. The van der Waals surface area contributed by atoms with Crippen molar-refractivity contribution in [1.82, 2.24) is 15.5 Å². The summed E-state index contributed by atoms with van der Waals surface area (Å²) in [7, 11) is 3.32. The van der Waals surface area contributed by atoms with E-state index in [0.717, 1.165) is 5.56 Å². The van der Waals surface area contributed by atoms with Gasteiger partial charge in [-0.1, -0.05) is 84.4 Å². The van der Waals surface area contributed by atoms with Gasteiger partial charge in [-0.2, -0.15) is 0 Å². The van der Waals surface area contributed by atoms with Crippen LogP contribution in [0.1, 0.15) is 66.4 Å². The zero-order valence-corrected chi connectivity index (χ0v) is 21.7. The Labute approximate surface area is 199 Å². The first kappa shape index (κ1) is 30.3. The number of nitrogens with zero attached hydrogens (tertiary/aromatic N) is 1. The summed E-state index contributed by atoms with van der Waals surface area (Å²) in [6.07, 6.45) is 2.73. The molecule has 0 bridgehead atoms. The lowest BCUT2D eigenvalue weighted by Crippen LogP contribution is -2.58. The van der Waals surface area contributed by atoms with Gasteiger partial charge in [0.15, 0.2) is 0 Å². The second-order valence-corrected chi connectivity index (χ2v) is 9.39. The quantitative estimate of drug-likeness (QED) is 0.486. The Morgan fingerprint density at radius 1 is 1.12 bits per heavy atom. The summed E-state index contributed by atoms with van der Waals surface area (Å²) in [5.41, 5.74) is 0.663. The number of carbonyl (C=O) groups is 3. The number of benzene rings is 1. The van der Waals surface area contributed by atoms with E-state index in [1.54, 1.807) is 14.1 Å². The van der Waals surface area contributed by atoms with E-state index in [1.165, 1.54) is 24.3 Å². The summed E-state index contributed by atoms with van der Waals surface area (Å²) in [6, 6.07) is 8.46. The number of hydrogen-bond donors (Lipinski definition) is 3. The third-order valence-electron chi connectivity index (χ3n) is 5.20. The standard InChI is InChI=1S/C23H35N3O4.C3H8/c1-15(22(29)30)13-14-26(7)21(28)19(23(3,4)5)25-20(27)18(24-6)16(2)17-11-9-8-10-12-17;1-3-2/h8-13,16,18-19,24H,14H2,1-7H3,(H,25,27)(H,29,30);3H2,1-2H3/b15-13+;/t16-,18+,19?;/m1./s1. The first-order chi connectivity index (χ1) is 15.3. The smallest absolute Gasteiger partial charge is 0.331 e. The van der Waals surface area contributed by atoms with Gasteiger partial charge in [-0.3, -0.25) is 9.59 Å². The minimum atomic E-state index is -1.02. The van der Waals surface area contributed by atoms with Crippen LogP contribution in [0.4, 0.5) is 0 Å². The average Bonchev–Trinajstić information content (AvgIpc) is 2.75. The summed E-state index contributed by atoms with van der Waals surface area (Å²) in [4.78, 5) is 38.6. The van der Waals surface area contributed by atoms with Crippen molar-refractivity contribution in [2.24, 2.45) is 5.41 Å². The Bertz CT molecular complexity index is 784. The van der Waals surface area contributed by atoms with Gasteiger partial charge in [-0.25, -0.2) is 4.79 Å². The number of aliphatic carboxylic acids is 1. The van der Waals surface area contributed by atoms with Gasteiger partial charge in [0.2, 0.25) is 11.8 Å². The number of carboxylic acid groups (broad SMARTS) is 1. The molecule has 0 aromatic heterocycles. The van der Waals surface area contributed by atoms with Crippen molar-refractivity contribution in [3.8, 4) is 0 Å². The first-order valence-electron chi connectivity index (χ1n) is 11.5. The SMILES string of the molecule is CCC.CN[C@H](C(=O)NC(C(=O)N(C)C/C=C(\C)C(=O)O)C(C)(C)C)[C@H](C)c1ccccc1. The number of rotatable bonds is 9. The number of carboxylic acids is 1. The molecule has 3 N–H and O–H groups in total. The topological polar surface area (TPSA) is 98.7 Å². The van der Waals surface area contributed by atoms with Crippen LogP contribution in [0.25, 0.3) is 0 Å². The second kappa shape index (κ2) is 14.5. The highest BCUT2D eigenvalue weighted by atomic mass is 16.4. The Morgan fingerprint density at radius 3 is 2.06 bits per heavy atom. The number of likely N-dealkylation sites (N-methyl/N-ethyl adjacent to an activating group) is 2.